The Morgan fingerprint density at radius 3 is 2.46 bits per heavy atom. The van der Waals surface area contributed by atoms with Crippen molar-refractivity contribution in [2.45, 2.75) is 24.9 Å². The SMILES string of the molecule is C[SiH](C)C(Cl)OCc1ccccc1. The average Bonchev–Trinajstić information content (AvgIpc) is 2.15. The van der Waals surface area contributed by atoms with Gasteiger partial charge < -0.3 is 4.74 Å². The van der Waals surface area contributed by atoms with Crippen LogP contribution in [-0.2, 0) is 11.3 Å². The van der Waals surface area contributed by atoms with Crippen LogP contribution >= 0.6 is 11.6 Å². The topological polar surface area (TPSA) is 9.23 Å². The van der Waals surface area contributed by atoms with Crippen molar-refractivity contribution in [2.24, 2.45) is 0 Å². The Bertz CT molecular complexity index is 238. The highest BCUT2D eigenvalue weighted by molar-refractivity contribution is 6.66. The quantitative estimate of drug-likeness (QED) is 0.553. The summed E-state index contributed by atoms with van der Waals surface area (Å²) in [5, 5.41) is -0.0554. The van der Waals surface area contributed by atoms with E-state index in [0.717, 1.165) is 0 Å². The first-order chi connectivity index (χ1) is 6.20. The molecule has 1 atom stereocenters. The molecule has 1 unspecified atom stereocenters. The Morgan fingerprint density at radius 2 is 1.92 bits per heavy atom. The molecule has 0 heterocycles. The van der Waals surface area contributed by atoms with E-state index in [1.807, 2.05) is 30.3 Å². The van der Waals surface area contributed by atoms with Gasteiger partial charge in [0.15, 0.2) is 0 Å². The largest absolute Gasteiger partial charge is 0.362 e. The van der Waals surface area contributed by atoms with Crippen molar-refractivity contribution in [1.29, 1.82) is 0 Å². The van der Waals surface area contributed by atoms with E-state index in [1.54, 1.807) is 0 Å². The minimum absolute atomic E-state index is 0.0554. The molecule has 72 valence electrons. The molecule has 0 amide bonds. The van der Waals surface area contributed by atoms with Crippen molar-refractivity contribution in [3.8, 4) is 0 Å². The van der Waals surface area contributed by atoms with E-state index < -0.39 is 8.80 Å². The Kier molecular flexibility index (Phi) is 4.49. The van der Waals surface area contributed by atoms with Crippen LogP contribution in [0.5, 0.6) is 0 Å². The molecule has 13 heavy (non-hydrogen) atoms. The standard InChI is InChI=1S/C10H15ClOSi/c1-13(2)10(11)12-8-9-6-4-3-5-7-9/h3-7,10,13H,8H2,1-2H3. The molecule has 0 aliphatic rings. The molecule has 1 nitrogen and oxygen atoms in total. The first-order valence-corrected chi connectivity index (χ1v) is 7.91. The van der Waals surface area contributed by atoms with Gasteiger partial charge in [0.1, 0.15) is 5.19 Å². The van der Waals surface area contributed by atoms with E-state index in [0.29, 0.717) is 6.61 Å². The maximum Gasteiger partial charge on any atom is 0.115 e. The zero-order valence-electron chi connectivity index (χ0n) is 8.03. The van der Waals surface area contributed by atoms with Gasteiger partial charge >= 0.3 is 0 Å². The second-order valence-electron chi connectivity index (χ2n) is 3.39. The average molecular weight is 215 g/mol. The van der Waals surface area contributed by atoms with Gasteiger partial charge in [0.05, 0.1) is 15.4 Å². The lowest BCUT2D eigenvalue weighted by atomic mass is 10.2. The highest BCUT2D eigenvalue weighted by Crippen LogP contribution is 2.08. The number of hydrogen-bond acceptors (Lipinski definition) is 1. The summed E-state index contributed by atoms with van der Waals surface area (Å²) in [6.45, 7) is 4.99. The summed E-state index contributed by atoms with van der Waals surface area (Å²) in [5.41, 5.74) is 1.18. The number of rotatable bonds is 4. The summed E-state index contributed by atoms with van der Waals surface area (Å²) in [6.07, 6.45) is 0. The van der Waals surface area contributed by atoms with E-state index in [2.05, 4.69) is 13.1 Å². The molecule has 0 aliphatic heterocycles. The van der Waals surface area contributed by atoms with Gasteiger partial charge in [0, 0.05) is 0 Å². The van der Waals surface area contributed by atoms with Crippen LogP contribution in [0.3, 0.4) is 0 Å². The summed E-state index contributed by atoms with van der Waals surface area (Å²) >= 11 is 6.01. The summed E-state index contributed by atoms with van der Waals surface area (Å²) in [4.78, 5) is 0. The lowest BCUT2D eigenvalue weighted by Crippen LogP contribution is -2.21. The summed E-state index contributed by atoms with van der Waals surface area (Å²) < 4.78 is 5.52. The fourth-order valence-electron chi connectivity index (χ4n) is 0.943. The van der Waals surface area contributed by atoms with Gasteiger partial charge in [-0.3, -0.25) is 0 Å². The predicted molar refractivity (Wildman–Crippen MR) is 59.7 cm³/mol. The monoisotopic (exact) mass is 214 g/mol. The third kappa shape index (κ3) is 3.94. The van der Waals surface area contributed by atoms with Gasteiger partial charge in [0.2, 0.25) is 0 Å². The van der Waals surface area contributed by atoms with Gasteiger partial charge in [-0.25, -0.2) is 0 Å². The highest BCUT2D eigenvalue weighted by atomic mass is 35.5. The van der Waals surface area contributed by atoms with Gasteiger partial charge in [-0.1, -0.05) is 55.0 Å². The van der Waals surface area contributed by atoms with Crippen LogP contribution in [0.4, 0.5) is 0 Å². The maximum atomic E-state index is 6.01. The minimum atomic E-state index is -0.863. The Balaban J connectivity index is 2.35. The van der Waals surface area contributed by atoms with Crippen LogP contribution in [0.15, 0.2) is 30.3 Å². The van der Waals surface area contributed by atoms with Crippen molar-refractivity contribution in [3.63, 3.8) is 0 Å². The third-order valence-corrected chi connectivity index (χ3v) is 4.65. The molecule has 0 N–H and O–H groups in total. The van der Waals surface area contributed by atoms with Gasteiger partial charge in [-0.15, -0.1) is 0 Å². The molecule has 0 spiro atoms. The first kappa shape index (κ1) is 10.8. The summed E-state index contributed by atoms with van der Waals surface area (Å²) in [5.74, 6) is 0. The maximum absolute atomic E-state index is 6.01. The number of alkyl halides is 1. The van der Waals surface area contributed by atoms with E-state index in [4.69, 9.17) is 16.3 Å². The number of hydrogen-bond donors (Lipinski definition) is 0. The van der Waals surface area contributed by atoms with Crippen molar-refractivity contribution in [2.75, 3.05) is 0 Å². The van der Waals surface area contributed by atoms with E-state index >= 15 is 0 Å². The smallest absolute Gasteiger partial charge is 0.115 e. The zero-order chi connectivity index (χ0) is 9.68. The highest BCUT2D eigenvalue weighted by Gasteiger charge is 2.10. The molecule has 0 saturated heterocycles. The number of halogens is 1. The lowest BCUT2D eigenvalue weighted by molar-refractivity contribution is 0.136. The van der Waals surface area contributed by atoms with Crippen molar-refractivity contribution >= 4 is 20.4 Å². The van der Waals surface area contributed by atoms with E-state index in [9.17, 15) is 0 Å². The van der Waals surface area contributed by atoms with Crippen LogP contribution in [0.25, 0.3) is 0 Å². The second-order valence-corrected chi connectivity index (χ2v) is 7.34. The molecular formula is C10H15ClOSi. The van der Waals surface area contributed by atoms with Crippen LogP contribution < -0.4 is 0 Å². The summed E-state index contributed by atoms with van der Waals surface area (Å²) in [6, 6.07) is 10.1. The first-order valence-electron chi connectivity index (χ1n) is 4.49. The van der Waals surface area contributed by atoms with E-state index in [1.165, 1.54) is 5.56 Å². The molecule has 0 aliphatic carbocycles. The van der Waals surface area contributed by atoms with Gasteiger partial charge in [0.25, 0.3) is 0 Å². The Hall–Kier alpha value is -0.313. The lowest BCUT2D eigenvalue weighted by Gasteiger charge is -2.13. The van der Waals surface area contributed by atoms with Crippen LogP contribution in [-0.4, -0.2) is 14.0 Å². The van der Waals surface area contributed by atoms with Gasteiger partial charge in [-0.05, 0) is 5.56 Å². The molecule has 0 saturated carbocycles. The molecule has 1 rings (SSSR count). The molecule has 0 aromatic heterocycles. The molecular weight excluding hydrogens is 200 g/mol. The molecule has 0 bridgehead atoms. The fourth-order valence-corrected chi connectivity index (χ4v) is 1.49. The van der Waals surface area contributed by atoms with Gasteiger partial charge in [-0.2, -0.15) is 0 Å². The molecule has 1 aromatic carbocycles. The van der Waals surface area contributed by atoms with Crippen molar-refractivity contribution in [1.82, 2.24) is 0 Å². The molecule has 0 fully saturated rings. The van der Waals surface area contributed by atoms with E-state index in [-0.39, 0.29) is 5.19 Å². The minimum Gasteiger partial charge on any atom is -0.362 e. The van der Waals surface area contributed by atoms with Crippen LogP contribution in [0.1, 0.15) is 5.56 Å². The molecule has 0 radical (unpaired) electrons. The number of ether oxygens (including phenoxy) is 1. The van der Waals surface area contributed by atoms with Crippen LogP contribution in [0.2, 0.25) is 13.1 Å². The number of benzene rings is 1. The predicted octanol–water partition coefficient (Wildman–Crippen LogP) is 2.79. The van der Waals surface area contributed by atoms with Crippen LogP contribution in [0, 0.1) is 0 Å². The van der Waals surface area contributed by atoms with Crippen molar-refractivity contribution in [3.05, 3.63) is 35.9 Å². The zero-order valence-corrected chi connectivity index (χ0v) is 9.95. The Labute approximate surface area is 86.3 Å². The third-order valence-electron chi connectivity index (χ3n) is 1.78. The Morgan fingerprint density at radius 1 is 1.31 bits per heavy atom. The molecule has 3 heteroatoms. The summed E-state index contributed by atoms with van der Waals surface area (Å²) in [7, 11) is -0.863. The fraction of sp³-hybridized carbons (Fsp3) is 0.400. The molecule has 1 aromatic rings. The van der Waals surface area contributed by atoms with Crippen molar-refractivity contribution < 1.29 is 4.74 Å². The normalized spacial score (nSPS) is 13.2. The second kappa shape index (κ2) is 5.42.